The predicted octanol–water partition coefficient (Wildman–Crippen LogP) is 0.692. The van der Waals surface area contributed by atoms with Gasteiger partial charge in [-0.3, -0.25) is 4.79 Å². The van der Waals surface area contributed by atoms with Crippen molar-refractivity contribution in [2.75, 3.05) is 13.1 Å². The molecule has 0 saturated carbocycles. The molecule has 3 N–H and O–H groups in total. The van der Waals surface area contributed by atoms with E-state index in [0.29, 0.717) is 24.9 Å². The van der Waals surface area contributed by atoms with Gasteiger partial charge in [-0.15, -0.1) is 0 Å². The summed E-state index contributed by atoms with van der Waals surface area (Å²) in [6, 6.07) is 8.86. The number of hydrogen-bond acceptors (Lipinski definition) is 3. The maximum absolute atomic E-state index is 12.9. The first-order valence-electron chi connectivity index (χ1n) is 7.39. The number of carbonyl (C=O) groups excluding carboxylic acids is 1. The molecule has 20 heavy (non-hydrogen) atoms. The highest BCUT2D eigenvalue weighted by atomic mass is 16.2. The van der Waals surface area contributed by atoms with Gasteiger partial charge in [0, 0.05) is 25.2 Å². The lowest BCUT2D eigenvalue weighted by Gasteiger charge is -2.39. The minimum Gasteiger partial charge on any atom is -0.338 e. The number of fused-ring (bicyclic) bond motifs is 1. The summed E-state index contributed by atoms with van der Waals surface area (Å²) in [5.41, 5.74) is 8.16. The third-order valence-electron chi connectivity index (χ3n) is 4.40. The summed E-state index contributed by atoms with van der Waals surface area (Å²) < 4.78 is 0. The van der Waals surface area contributed by atoms with Crippen molar-refractivity contribution >= 4 is 5.91 Å². The predicted molar refractivity (Wildman–Crippen MR) is 79.4 cm³/mol. The summed E-state index contributed by atoms with van der Waals surface area (Å²) in [7, 11) is 0. The summed E-state index contributed by atoms with van der Waals surface area (Å²) in [6.07, 6.45) is 1.32. The second kappa shape index (κ2) is 4.86. The second-order valence-electron chi connectivity index (χ2n) is 6.46. The Bertz CT molecular complexity index is 493. The van der Waals surface area contributed by atoms with E-state index < -0.39 is 5.54 Å². The van der Waals surface area contributed by atoms with Crippen LogP contribution >= 0.6 is 0 Å². The molecule has 1 heterocycles. The van der Waals surface area contributed by atoms with Crippen molar-refractivity contribution in [1.29, 1.82) is 0 Å². The smallest absolute Gasteiger partial charge is 0.243 e. The van der Waals surface area contributed by atoms with Gasteiger partial charge >= 0.3 is 0 Å². The van der Waals surface area contributed by atoms with Crippen molar-refractivity contribution in [1.82, 2.24) is 10.2 Å². The molecule has 2 atom stereocenters. The van der Waals surface area contributed by atoms with E-state index >= 15 is 0 Å². The molecule has 0 radical (unpaired) electrons. The van der Waals surface area contributed by atoms with E-state index in [1.54, 1.807) is 0 Å². The van der Waals surface area contributed by atoms with Crippen molar-refractivity contribution < 1.29 is 4.79 Å². The van der Waals surface area contributed by atoms with Gasteiger partial charge in [-0.05, 0) is 37.8 Å². The number of amides is 1. The lowest BCUT2D eigenvalue weighted by molar-refractivity contribution is -0.138. The zero-order chi connectivity index (χ0) is 14.3. The zero-order valence-corrected chi connectivity index (χ0v) is 12.2. The molecule has 1 amide bonds. The maximum Gasteiger partial charge on any atom is 0.243 e. The van der Waals surface area contributed by atoms with Gasteiger partial charge < -0.3 is 16.0 Å². The molecule has 1 saturated heterocycles. The number of nitrogens with one attached hydrogen (secondary N) is 1. The summed E-state index contributed by atoms with van der Waals surface area (Å²) in [4.78, 5) is 14.8. The topological polar surface area (TPSA) is 58.4 Å². The quantitative estimate of drug-likeness (QED) is 0.791. The van der Waals surface area contributed by atoms with E-state index in [2.05, 4.69) is 31.3 Å². The van der Waals surface area contributed by atoms with Gasteiger partial charge in [-0.25, -0.2) is 0 Å². The Morgan fingerprint density at radius 1 is 1.20 bits per heavy atom. The number of nitrogens with two attached hydrogens (primary N) is 1. The molecule has 0 bridgehead atoms. The molecule has 0 aromatic heterocycles. The van der Waals surface area contributed by atoms with Crippen LogP contribution in [0.4, 0.5) is 0 Å². The average Bonchev–Trinajstić information content (AvgIpc) is 2.74. The lowest BCUT2D eigenvalue weighted by atomic mass is 9.94. The number of nitrogens with zero attached hydrogens (tertiary/aromatic N) is 1. The molecule has 3 rings (SSSR count). The van der Waals surface area contributed by atoms with E-state index in [9.17, 15) is 4.79 Å². The molecule has 4 heteroatoms. The van der Waals surface area contributed by atoms with E-state index in [-0.39, 0.29) is 5.91 Å². The van der Waals surface area contributed by atoms with Gasteiger partial charge in [0.15, 0.2) is 0 Å². The van der Waals surface area contributed by atoms with Gasteiger partial charge in [0.2, 0.25) is 5.91 Å². The van der Waals surface area contributed by atoms with Crippen molar-refractivity contribution in [3.05, 3.63) is 35.4 Å². The van der Waals surface area contributed by atoms with E-state index in [1.807, 2.05) is 17.0 Å². The molecule has 2 unspecified atom stereocenters. The molecule has 1 aromatic rings. The second-order valence-corrected chi connectivity index (χ2v) is 6.46. The van der Waals surface area contributed by atoms with Gasteiger partial charge in [-0.1, -0.05) is 24.3 Å². The van der Waals surface area contributed by atoms with Gasteiger partial charge in [0.25, 0.3) is 0 Å². The molecule has 0 spiro atoms. The molecular formula is C16H23N3O. The van der Waals surface area contributed by atoms with Crippen LogP contribution in [-0.2, 0) is 17.6 Å². The maximum atomic E-state index is 12.9. The Kier molecular flexibility index (Phi) is 3.30. The van der Waals surface area contributed by atoms with E-state index in [4.69, 9.17) is 5.73 Å². The molecular weight excluding hydrogens is 250 g/mol. The monoisotopic (exact) mass is 273 g/mol. The Morgan fingerprint density at radius 3 is 2.20 bits per heavy atom. The Labute approximate surface area is 120 Å². The molecule has 2 aliphatic rings. The first-order valence-corrected chi connectivity index (χ1v) is 7.39. The van der Waals surface area contributed by atoms with Crippen LogP contribution in [0.1, 0.15) is 25.0 Å². The number of rotatable bonds is 1. The van der Waals surface area contributed by atoms with Gasteiger partial charge in [0.1, 0.15) is 5.54 Å². The average molecular weight is 273 g/mol. The molecule has 108 valence electrons. The third kappa shape index (κ3) is 2.34. The standard InChI is InChI=1S/C16H23N3O/c1-11-9-19(10-12(2)18-11)15(20)16(17)7-13-5-3-4-6-14(13)8-16/h3-6,11-12,18H,7-10,17H2,1-2H3. The number of benzene rings is 1. The minimum atomic E-state index is -0.750. The molecule has 1 aliphatic heterocycles. The summed E-state index contributed by atoms with van der Waals surface area (Å²) in [5, 5.41) is 3.45. The van der Waals surface area contributed by atoms with Crippen LogP contribution in [0.2, 0.25) is 0 Å². The van der Waals surface area contributed by atoms with Crippen molar-refractivity contribution in [2.45, 2.75) is 44.3 Å². The SMILES string of the molecule is CC1CN(C(=O)C2(N)Cc3ccccc3C2)CC(C)N1. The normalized spacial score (nSPS) is 28.2. The van der Waals surface area contributed by atoms with Crippen molar-refractivity contribution in [3.63, 3.8) is 0 Å². The fourth-order valence-electron chi connectivity index (χ4n) is 3.60. The number of piperazine rings is 1. The first kappa shape index (κ1) is 13.6. The first-order chi connectivity index (χ1) is 9.48. The Balaban J connectivity index is 1.78. The fraction of sp³-hybridized carbons (Fsp3) is 0.562. The van der Waals surface area contributed by atoms with Gasteiger partial charge in [0.05, 0.1) is 0 Å². The van der Waals surface area contributed by atoms with Crippen molar-refractivity contribution in [2.24, 2.45) is 5.73 Å². The van der Waals surface area contributed by atoms with Crippen LogP contribution in [-0.4, -0.2) is 41.5 Å². The third-order valence-corrected chi connectivity index (χ3v) is 4.40. The number of carbonyl (C=O) groups is 1. The van der Waals surface area contributed by atoms with Gasteiger partial charge in [-0.2, -0.15) is 0 Å². The van der Waals surface area contributed by atoms with Crippen LogP contribution in [0, 0.1) is 0 Å². The highest BCUT2D eigenvalue weighted by Gasteiger charge is 2.43. The number of hydrogen-bond donors (Lipinski definition) is 2. The van der Waals surface area contributed by atoms with E-state index in [1.165, 1.54) is 11.1 Å². The summed E-state index contributed by atoms with van der Waals surface area (Å²) in [5.74, 6) is 0.105. The van der Waals surface area contributed by atoms with Crippen LogP contribution in [0.3, 0.4) is 0 Å². The van der Waals surface area contributed by atoms with Crippen LogP contribution in [0.15, 0.2) is 24.3 Å². The lowest BCUT2D eigenvalue weighted by Crippen LogP contribution is -2.63. The van der Waals surface area contributed by atoms with Crippen LogP contribution < -0.4 is 11.1 Å². The summed E-state index contributed by atoms with van der Waals surface area (Å²) in [6.45, 7) is 5.72. The Morgan fingerprint density at radius 2 is 1.70 bits per heavy atom. The minimum absolute atomic E-state index is 0.105. The van der Waals surface area contributed by atoms with Crippen molar-refractivity contribution in [3.8, 4) is 0 Å². The highest BCUT2D eigenvalue weighted by molar-refractivity contribution is 5.88. The largest absolute Gasteiger partial charge is 0.338 e. The molecule has 4 nitrogen and oxygen atoms in total. The Hall–Kier alpha value is -1.39. The highest BCUT2D eigenvalue weighted by Crippen LogP contribution is 2.30. The molecule has 1 aromatic carbocycles. The molecule has 1 aliphatic carbocycles. The van der Waals surface area contributed by atoms with Crippen LogP contribution in [0.5, 0.6) is 0 Å². The van der Waals surface area contributed by atoms with Crippen LogP contribution in [0.25, 0.3) is 0 Å². The van der Waals surface area contributed by atoms with E-state index in [0.717, 1.165) is 13.1 Å². The summed E-state index contributed by atoms with van der Waals surface area (Å²) >= 11 is 0. The molecule has 1 fully saturated rings. The zero-order valence-electron chi connectivity index (χ0n) is 12.2. The fourth-order valence-corrected chi connectivity index (χ4v) is 3.60.